The number of hydrogen-bond donors (Lipinski definition) is 0. The van der Waals surface area contributed by atoms with E-state index in [0.29, 0.717) is 6.61 Å². The molecule has 98 valence electrons. The molecule has 1 aliphatic heterocycles. The van der Waals surface area contributed by atoms with Crippen molar-refractivity contribution in [2.24, 2.45) is 0 Å². The normalized spacial score (nSPS) is 17.1. The topological polar surface area (TPSA) is 27.7 Å². The van der Waals surface area contributed by atoms with Crippen molar-refractivity contribution in [3.63, 3.8) is 0 Å². The standard InChI is InChI=1S/C16H16O3/c1-17-13-7-3-5-11(9-13)16-15-12(10-19-16)6-4-8-14(15)18-2/h3-9,16H,10H2,1-2H3. The summed E-state index contributed by atoms with van der Waals surface area (Å²) in [6, 6.07) is 14.0. The van der Waals surface area contributed by atoms with Gasteiger partial charge in [-0.3, -0.25) is 0 Å². The van der Waals surface area contributed by atoms with E-state index in [9.17, 15) is 0 Å². The van der Waals surface area contributed by atoms with Gasteiger partial charge in [0.05, 0.1) is 20.8 Å². The highest BCUT2D eigenvalue weighted by Gasteiger charge is 2.28. The summed E-state index contributed by atoms with van der Waals surface area (Å²) in [5, 5.41) is 0. The Kier molecular flexibility index (Phi) is 3.13. The van der Waals surface area contributed by atoms with Crippen LogP contribution in [0.2, 0.25) is 0 Å². The molecule has 3 rings (SSSR count). The second-order valence-electron chi connectivity index (χ2n) is 4.50. The fourth-order valence-electron chi connectivity index (χ4n) is 2.51. The van der Waals surface area contributed by atoms with Gasteiger partial charge in [-0.15, -0.1) is 0 Å². The van der Waals surface area contributed by atoms with Crippen molar-refractivity contribution >= 4 is 0 Å². The van der Waals surface area contributed by atoms with Gasteiger partial charge >= 0.3 is 0 Å². The van der Waals surface area contributed by atoms with Gasteiger partial charge in [-0.05, 0) is 29.3 Å². The summed E-state index contributed by atoms with van der Waals surface area (Å²) in [7, 11) is 3.36. The molecule has 0 spiro atoms. The van der Waals surface area contributed by atoms with E-state index >= 15 is 0 Å². The average Bonchev–Trinajstić information content (AvgIpc) is 2.91. The molecule has 0 N–H and O–H groups in total. The average molecular weight is 256 g/mol. The Balaban J connectivity index is 2.06. The van der Waals surface area contributed by atoms with Gasteiger partial charge in [0, 0.05) is 5.56 Å². The minimum atomic E-state index is -0.0822. The van der Waals surface area contributed by atoms with E-state index in [1.165, 1.54) is 5.56 Å². The van der Waals surface area contributed by atoms with Crippen molar-refractivity contribution in [2.45, 2.75) is 12.7 Å². The van der Waals surface area contributed by atoms with Crippen LogP contribution in [0.15, 0.2) is 42.5 Å². The van der Waals surface area contributed by atoms with E-state index in [1.807, 2.05) is 30.3 Å². The molecule has 0 saturated heterocycles. The third-order valence-electron chi connectivity index (χ3n) is 3.44. The highest BCUT2D eigenvalue weighted by atomic mass is 16.5. The molecule has 2 aromatic carbocycles. The number of fused-ring (bicyclic) bond motifs is 1. The Labute approximate surface area is 112 Å². The Morgan fingerprint density at radius 3 is 2.68 bits per heavy atom. The largest absolute Gasteiger partial charge is 0.497 e. The fourth-order valence-corrected chi connectivity index (χ4v) is 2.51. The van der Waals surface area contributed by atoms with E-state index in [2.05, 4.69) is 12.1 Å². The lowest BCUT2D eigenvalue weighted by molar-refractivity contribution is 0.0927. The molecule has 2 aromatic rings. The molecule has 0 saturated carbocycles. The third kappa shape index (κ3) is 2.06. The molecule has 19 heavy (non-hydrogen) atoms. The van der Waals surface area contributed by atoms with E-state index in [1.54, 1.807) is 14.2 Å². The Hall–Kier alpha value is -2.00. The van der Waals surface area contributed by atoms with Crippen LogP contribution in [0, 0.1) is 0 Å². The van der Waals surface area contributed by atoms with Crippen LogP contribution in [0.5, 0.6) is 11.5 Å². The van der Waals surface area contributed by atoms with Crippen LogP contribution in [-0.2, 0) is 11.3 Å². The zero-order valence-electron chi connectivity index (χ0n) is 11.1. The Morgan fingerprint density at radius 1 is 1.05 bits per heavy atom. The zero-order valence-corrected chi connectivity index (χ0v) is 11.1. The SMILES string of the molecule is COc1cccc(C2OCc3cccc(OC)c32)c1. The monoisotopic (exact) mass is 256 g/mol. The van der Waals surface area contributed by atoms with E-state index in [0.717, 1.165) is 22.6 Å². The molecule has 3 heteroatoms. The second kappa shape index (κ2) is 4.94. The first-order chi connectivity index (χ1) is 9.33. The third-order valence-corrected chi connectivity index (χ3v) is 3.44. The second-order valence-corrected chi connectivity index (χ2v) is 4.50. The molecule has 1 unspecified atom stereocenters. The molecule has 1 atom stereocenters. The highest BCUT2D eigenvalue weighted by Crippen LogP contribution is 2.41. The van der Waals surface area contributed by atoms with Crippen molar-refractivity contribution in [1.82, 2.24) is 0 Å². The van der Waals surface area contributed by atoms with Crippen molar-refractivity contribution in [2.75, 3.05) is 14.2 Å². The fraction of sp³-hybridized carbons (Fsp3) is 0.250. The first-order valence-corrected chi connectivity index (χ1v) is 6.25. The van der Waals surface area contributed by atoms with Crippen LogP contribution in [0.4, 0.5) is 0 Å². The molecule has 0 aliphatic carbocycles. The molecule has 1 heterocycles. The van der Waals surface area contributed by atoms with E-state index in [-0.39, 0.29) is 6.10 Å². The van der Waals surface area contributed by atoms with E-state index < -0.39 is 0 Å². The van der Waals surface area contributed by atoms with Gasteiger partial charge in [0.25, 0.3) is 0 Å². The van der Waals surface area contributed by atoms with Gasteiger partial charge in [0.15, 0.2) is 0 Å². The summed E-state index contributed by atoms with van der Waals surface area (Å²) >= 11 is 0. The predicted molar refractivity (Wildman–Crippen MR) is 72.6 cm³/mol. The number of benzene rings is 2. The molecular formula is C16H16O3. The molecule has 0 aromatic heterocycles. The lowest BCUT2D eigenvalue weighted by Crippen LogP contribution is -2.01. The van der Waals surface area contributed by atoms with Gasteiger partial charge < -0.3 is 14.2 Å². The predicted octanol–water partition coefficient (Wildman–Crippen LogP) is 3.32. The summed E-state index contributed by atoms with van der Waals surface area (Å²) in [4.78, 5) is 0. The number of hydrogen-bond acceptors (Lipinski definition) is 3. The minimum Gasteiger partial charge on any atom is -0.497 e. The number of methoxy groups -OCH3 is 2. The quantitative estimate of drug-likeness (QED) is 0.843. The maximum Gasteiger partial charge on any atom is 0.125 e. The van der Waals surface area contributed by atoms with Crippen LogP contribution >= 0.6 is 0 Å². The molecule has 3 nitrogen and oxygen atoms in total. The van der Waals surface area contributed by atoms with E-state index in [4.69, 9.17) is 14.2 Å². The van der Waals surface area contributed by atoms with Crippen LogP contribution in [0.1, 0.15) is 22.8 Å². The van der Waals surface area contributed by atoms with Crippen LogP contribution in [-0.4, -0.2) is 14.2 Å². The maximum absolute atomic E-state index is 5.92. The van der Waals surface area contributed by atoms with Crippen LogP contribution in [0.3, 0.4) is 0 Å². The summed E-state index contributed by atoms with van der Waals surface area (Å²) in [5.74, 6) is 1.72. The van der Waals surface area contributed by atoms with Crippen molar-refractivity contribution < 1.29 is 14.2 Å². The molecule has 1 aliphatic rings. The van der Waals surface area contributed by atoms with Crippen molar-refractivity contribution in [3.8, 4) is 11.5 Å². The van der Waals surface area contributed by atoms with Gasteiger partial charge in [0.2, 0.25) is 0 Å². The van der Waals surface area contributed by atoms with Gasteiger partial charge in [-0.1, -0.05) is 24.3 Å². The van der Waals surface area contributed by atoms with Gasteiger partial charge in [0.1, 0.15) is 17.6 Å². The summed E-state index contributed by atoms with van der Waals surface area (Å²) in [6.07, 6.45) is -0.0822. The first-order valence-electron chi connectivity index (χ1n) is 6.25. The molecular weight excluding hydrogens is 240 g/mol. The Morgan fingerprint density at radius 2 is 1.89 bits per heavy atom. The van der Waals surface area contributed by atoms with Gasteiger partial charge in [-0.2, -0.15) is 0 Å². The molecule has 0 amide bonds. The van der Waals surface area contributed by atoms with Crippen LogP contribution in [0.25, 0.3) is 0 Å². The molecule has 0 fully saturated rings. The smallest absolute Gasteiger partial charge is 0.125 e. The molecule has 0 bridgehead atoms. The first kappa shape index (κ1) is 12.1. The highest BCUT2D eigenvalue weighted by molar-refractivity contribution is 5.48. The van der Waals surface area contributed by atoms with Crippen molar-refractivity contribution in [3.05, 3.63) is 59.2 Å². The van der Waals surface area contributed by atoms with Crippen molar-refractivity contribution in [1.29, 1.82) is 0 Å². The zero-order chi connectivity index (χ0) is 13.2. The Bertz CT molecular complexity index is 592. The lowest BCUT2D eigenvalue weighted by atomic mass is 9.98. The van der Waals surface area contributed by atoms with Gasteiger partial charge in [-0.25, -0.2) is 0 Å². The number of rotatable bonds is 3. The molecule has 0 radical (unpaired) electrons. The number of ether oxygens (including phenoxy) is 3. The lowest BCUT2D eigenvalue weighted by Gasteiger charge is -2.15. The summed E-state index contributed by atoms with van der Waals surface area (Å²) < 4.78 is 16.6. The summed E-state index contributed by atoms with van der Waals surface area (Å²) in [5.41, 5.74) is 3.40. The maximum atomic E-state index is 5.92. The van der Waals surface area contributed by atoms with Crippen LogP contribution < -0.4 is 9.47 Å². The summed E-state index contributed by atoms with van der Waals surface area (Å²) in [6.45, 7) is 0.619. The minimum absolute atomic E-state index is 0.0822.